The van der Waals surface area contributed by atoms with E-state index in [2.05, 4.69) is 19.7 Å². The van der Waals surface area contributed by atoms with E-state index in [0.29, 0.717) is 32.5 Å². The van der Waals surface area contributed by atoms with Crippen LogP contribution in [0, 0.1) is 13.3 Å². The summed E-state index contributed by atoms with van der Waals surface area (Å²) in [6, 6.07) is 0. The first-order valence-electron chi connectivity index (χ1n) is 16.4. The number of allylic oxidation sites excluding steroid dienone is 3. The molecule has 0 heterocycles. The molecule has 0 aromatic heterocycles. The second kappa shape index (κ2) is 39.9. The standard InChI is InChI=1S/C22H38O3.C12H22O2.CH3.4ClH.Ti/c1-4-7-9-11-13-15-17-19-21(23)20(22(24)25-6-3)18-16-14-12-10-8-5-2;1-3-5-6-7-8-9-10-11-12(13)14-4-2;;;;;;/h4-5,20H,1-2,6-19H2,3H3;3H,1,4-11H2,2H3;1H3;4*1H;/q;;-1;;;;;+4/p-4. The second-order valence-electron chi connectivity index (χ2n) is 10.5. The number of ketones is 1. The second-order valence-corrected chi connectivity index (χ2v) is 25.9. The van der Waals surface area contributed by atoms with Crippen molar-refractivity contribution >= 4 is 54.9 Å². The number of hydrogen-bond acceptors (Lipinski definition) is 5. The Morgan fingerprint density at radius 3 is 1.36 bits per heavy atom. The molecule has 10 heteroatoms. The first-order chi connectivity index (χ1) is 21.0. The normalized spacial score (nSPS) is 10.9. The molecular formula is C35H63Cl4O5Ti-. The van der Waals surface area contributed by atoms with Crippen molar-refractivity contribution in [2.45, 2.75) is 142 Å². The number of hydrogen-bond donors (Lipinski definition) is 0. The van der Waals surface area contributed by atoms with Gasteiger partial charge >= 0.3 is 61.5 Å². The Balaban J connectivity index is -0.000000352. The van der Waals surface area contributed by atoms with E-state index in [1.54, 1.807) is 6.92 Å². The molecule has 0 radical (unpaired) electrons. The van der Waals surface area contributed by atoms with E-state index < -0.39 is 18.3 Å². The Labute approximate surface area is 296 Å². The molecule has 0 amide bonds. The molecule has 0 aromatic carbocycles. The van der Waals surface area contributed by atoms with Gasteiger partial charge in [-0.25, -0.2) is 0 Å². The molecule has 0 bridgehead atoms. The molecule has 0 saturated heterocycles. The summed E-state index contributed by atoms with van der Waals surface area (Å²) >= 11 is -3.11. The fourth-order valence-electron chi connectivity index (χ4n) is 4.26. The molecule has 0 aliphatic carbocycles. The van der Waals surface area contributed by atoms with Crippen molar-refractivity contribution in [1.29, 1.82) is 0 Å². The van der Waals surface area contributed by atoms with Crippen molar-refractivity contribution in [3.05, 3.63) is 45.4 Å². The Morgan fingerprint density at radius 1 is 0.600 bits per heavy atom. The van der Waals surface area contributed by atoms with E-state index in [1.807, 2.05) is 25.2 Å². The Kier molecular flexibility index (Phi) is 45.7. The fraction of sp³-hybridized carbons (Fsp3) is 0.714. The molecule has 0 aliphatic heterocycles. The minimum absolute atomic E-state index is 0. The van der Waals surface area contributed by atoms with Crippen molar-refractivity contribution in [1.82, 2.24) is 0 Å². The number of esters is 2. The molecule has 5 nitrogen and oxygen atoms in total. The van der Waals surface area contributed by atoms with Crippen LogP contribution < -0.4 is 0 Å². The van der Waals surface area contributed by atoms with Gasteiger partial charge in [0.2, 0.25) is 0 Å². The number of carbonyl (C=O) groups is 3. The number of Topliss-reactive ketones (excluding diaryl/α,β-unsaturated/α-hetero) is 1. The van der Waals surface area contributed by atoms with E-state index >= 15 is 0 Å². The third-order valence-electron chi connectivity index (χ3n) is 6.54. The van der Waals surface area contributed by atoms with Gasteiger partial charge in [-0.05, 0) is 71.6 Å². The predicted molar refractivity (Wildman–Crippen MR) is 195 cm³/mol. The van der Waals surface area contributed by atoms with E-state index in [0.717, 1.165) is 77.0 Å². The number of unbranched alkanes of at least 4 members (excludes halogenated alkanes) is 14. The molecule has 1 atom stereocenters. The topological polar surface area (TPSA) is 69.7 Å². The Bertz CT molecular complexity index is 723. The maximum atomic E-state index is 12.4. The third-order valence-corrected chi connectivity index (χ3v) is 6.54. The van der Waals surface area contributed by atoms with Crippen LogP contribution in [0.3, 0.4) is 0 Å². The van der Waals surface area contributed by atoms with Gasteiger partial charge in [0.25, 0.3) is 0 Å². The average molecular weight is 754 g/mol. The quantitative estimate of drug-likeness (QED) is 0.0209. The van der Waals surface area contributed by atoms with Gasteiger partial charge in [-0.1, -0.05) is 76.0 Å². The summed E-state index contributed by atoms with van der Waals surface area (Å²) in [6.07, 6.45) is 26.2. The molecule has 1 unspecified atom stereocenters. The van der Waals surface area contributed by atoms with E-state index in [4.69, 9.17) is 46.7 Å². The first kappa shape index (κ1) is 51.5. The summed E-state index contributed by atoms with van der Waals surface area (Å²) in [5.74, 6) is -0.876. The molecule has 0 fully saturated rings. The van der Waals surface area contributed by atoms with Crippen molar-refractivity contribution < 1.29 is 36.2 Å². The van der Waals surface area contributed by atoms with E-state index in [-0.39, 0.29) is 25.1 Å². The summed E-state index contributed by atoms with van der Waals surface area (Å²) in [6.45, 7) is 15.6. The molecule has 45 heavy (non-hydrogen) atoms. The van der Waals surface area contributed by atoms with Crippen LogP contribution in [-0.2, 0) is 36.2 Å². The maximum absolute atomic E-state index is 12.4. The van der Waals surface area contributed by atoms with Gasteiger partial charge in [0.05, 0.1) is 13.2 Å². The number of carbonyl (C=O) groups excluding carboxylic acids is 3. The molecule has 0 N–H and O–H groups in total. The SMILES string of the molecule is C=CCCCCCCCC(=O)C(CCCCCCC=C)C(=O)OCC.C=CCCCCCCCC(=O)OCC.[CH3-].[Cl][Ti]([Cl])([Cl])[Cl]. The zero-order valence-corrected chi connectivity index (χ0v) is 33.1. The van der Waals surface area contributed by atoms with Crippen LogP contribution in [0.15, 0.2) is 38.0 Å². The summed E-state index contributed by atoms with van der Waals surface area (Å²) in [5.41, 5.74) is 0. The summed E-state index contributed by atoms with van der Waals surface area (Å²) in [7, 11) is 20.1. The van der Waals surface area contributed by atoms with Gasteiger partial charge in [0.1, 0.15) is 11.7 Å². The van der Waals surface area contributed by atoms with Crippen LogP contribution in [0.25, 0.3) is 0 Å². The van der Waals surface area contributed by atoms with Gasteiger partial charge in [-0.3, -0.25) is 14.4 Å². The van der Waals surface area contributed by atoms with Crippen molar-refractivity contribution in [2.75, 3.05) is 13.2 Å². The van der Waals surface area contributed by atoms with Crippen LogP contribution in [-0.4, -0.2) is 30.9 Å². The number of halogens is 4. The summed E-state index contributed by atoms with van der Waals surface area (Å²) < 4.78 is 9.94. The van der Waals surface area contributed by atoms with Gasteiger partial charge in [0, 0.05) is 12.8 Å². The third kappa shape index (κ3) is 48.2. The molecule has 0 spiro atoms. The zero-order chi connectivity index (χ0) is 33.9. The van der Waals surface area contributed by atoms with Crippen LogP contribution in [0.2, 0.25) is 0 Å². The first-order valence-corrected chi connectivity index (χ1v) is 25.0. The summed E-state index contributed by atoms with van der Waals surface area (Å²) in [4.78, 5) is 35.5. The van der Waals surface area contributed by atoms with E-state index in [9.17, 15) is 14.4 Å². The van der Waals surface area contributed by atoms with Crippen LogP contribution in [0.5, 0.6) is 0 Å². The molecule has 0 aliphatic rings. The van der Waals surface area contributed by atoms with Crippen molar-refractivity contribution in [3.8, 4) is 0 Å². The van der Waals surface area contributed by atoms with Crippen LogP contribution >= 0.6 is 37.2 Å². The van der Waals surface area contributed by atoms with Gasteiger partial charge in [-0.15, -0.1) is 19.7 Å². The fourth-order valence-corrected chi connectivity index (χ4v) is 4.26. The van der Waals surface area contributed by atoms with E-state index in [1.165, 1.54) is 32.1 Å². The number of rotatable bonds is 27. The molecule has 266 valence electrons. The van der Waals surface area contributed by atoms with Crippen LogP contribution in [0.1, 0.15) is 142 Å². The Morgan fingerprint density at radius 2 is 0.956 bits per heavy atom. The monoisotopic (exact) mass is 751 g/mol. The van der Waals surface area contributed by atoms with Gasteiger partial charge in [0.15, 0.2) is 0 Å². The molecule has 0 aromatic rings. The average Bonchev–Trinajstić information content (AvgIpc) is 2.95. The zero-order valence-electron chi connectivity index (χ0n) is 28.5. The summed E-state index contributed by atoms with van der Waals surface area (Å²) in [5, 5.41) is 0. The van der Waals surface area contributed by atoms with Crippen LogP contribution in [0.4, 0.5) is 0 Å². The molecule has 0 saturated carbocycles. The predicted octanol–water partition coefficient (Wildman–Crippen LogP) is 12.9. The number of ether oxygens (including phenoxy) is 2. The Hall–Kier alpha value is -0.296. The minimum atomic E-state index is -3.11. The van der Waals surface area contributed by atoms with Crippen molar-refractivity contribution in [2.24, 2.45) is 5.92 Å². The van der Waals surface area contributed by atoms with Gasteiger partial charge < -0.3 is 16.9 Å². The molecular weight excluding hydrogens is 690 g/mol. The van der Waals surface area contributed by atoms with Gasteiger partial charge in [-0.2, -0.15) is 0 Å². The molecule has 0 rings (SSSR count). The van der Waals surface area contributed by atoms with Crippen molar-refractivity contribution in [3.63, 3.8) is 0 Å².